The van der Waals surface area contributed by atoms with Gasteiger partial charge in [0.2, 0.25) is 0 Å². The van der Waals surface area contributed by atoms with Crippen LogP contribution in [0, 0.1) is 6.92 Å². The summed E-state index contributed by atoms with van der Waals surface area (Å²) in [7, 11) is 0. The molecule has 1 aromatic carbocycles. The fourth-order valence-electron chi connectivity index (χ4n) is 2.19. The Morgan fingerprint density at radius 1 is 1.25 bits per heavy atom. The van der Waals surface area contributed by atoms with E-state index in [1.807, 2.05) is 36.3 Å². The van der Waals surface area contributed by atoms with Crippen LogP contribution in [0.25, 0.3) is 5.69 Å². The highest BCUT2D eigenvalue weighted by atomic mass is 15.0. The van der Waals surface area contributed by atoms with Crippen molar-refractivity contribution in [3.05, 3.63) is 66.3 Å². The second-order valence-corrected chi connectivity index (χ2v) is 4.72. The minimum Gasteiger partial charge on any atom is -0.345 e. The summed E-state index contributed by atoms with van der Waals surface area (Å²) in [6.07, 6.45) is 7.40. The number of nitrogens with zero attached hydrogens (tertiary/aromatic N) is 3. The van der Waals surface area contributed by atoms with Crippen molar-refractivity contribution in [2.75, 3.05) is 0 Å². The summed E-state index contributed by atoms with van der Waals surface area (Å²) in [6, 6.07) is 8.30. The Morgan fingerprint density at radius 3 is 2.90 bits per heavy atom. The van der Waals surface area contributed by atoms with Gasteiger partial charge in [0.15, 0.2) is 0 Å². The number of benzene rings is 1. The molecule has 2 heterocycles. The average Bonchev–Trinajstić information content (AvgIpc) is 3.11. The molecule has 0 saturated carbocycles. The van der Waals surface area contributed by atoms with Gasteiger partial charge >= 0.3 is 0 Å². The van der Waals surface area contributed by atoms with Crippen LogP contribution in [0.3, 0.4) is 0 Å². The SMILES string of the molecule is Cc1cnc(CNCc2ccccc2-n2ccnc2)[nH]1. The normalized spacial score (nSPS) is 10.8. The van der Waals surface area contributed by atoms with Crippen molar-refractivity contribution in [3.63, 3.8) is 0 Å². The number of nitrogens with one attached hydrogen (secondary N) is 2. The van der Waals surface area contributed by atoms with Crippen molar-refractivity contribution >= 4 is 0 Å². The van der Waals surface area contributed by atoms with Gasteiger partial charge in [0.05, 0.1) is 18.6 Å². The summed E-state index contributed by atoms with van der Waals surface area (Å²) in [6.45, 7) is 3.52. The van der Waals surface area contributed by atoms with Crippen molar-refractivity contribution in [2.45, 2.75) is 20.0 Å². The molecule has 0 saturated heterocycles. The molecule has 0 aliphatic heterocycles. The van der Waals surface area contributed by atoms with Crippen molar-refractivity contribution < 1.29 is 0 Å². The van der Waals surface area contributed by atoms with Crippen LogP contribution < -0.4 is 5.32 Å². The van der Waals surface area contributed by atoms with Gasteiger partial charge < -0.3 is 14.9 Å². The molecule has 0 amide bonds. The quantitative estimate of drug-likeness (QED) is 0.745. The number of aromatic nitrogens is 4. The molecule has 0 bridgehead atoms. The Labute approximate surface area is 117 Å². The Kier molecular flexibility index (Phi) is 3.60. The Morgan fingerprint density at radius 2 is 2.15 bits per heavy atom. The van der Waals surface area contributed by atoms with Crippen molar-refractivity contribution in [1.82, 2.24) is 24.8 Å². The maximum absolute atomic E-state index is 4.29. The molecule has 20 heavy (non-hydrogen) atoms. The van der Waals surface area contributed by atoms with Gasteiger partial charge in [-0.05, 0) is 18.6 Å². The first-order valence-corrected chi connectivity index (χ1v) is 6.60. The predicted molar refractivity (Wildman–Crippen MR) is 77.4 cm³/mol. The number of H-pyrrole nitrogens is 1. The summed E-state index contributed by atoms with van der Waals surface area (Å²) >= 11 is 0. The highest BCUT2D eigenvalue weighted by Crippen LogP contribution is 2.13. The molecule has 5 heteroatoms. The summed E-state index contributed by atoms with van der Waals surface area (Å²) in [4.78, 5) is 11.6. The van der Waals surface area contributed by atoms with Gasteiger partial charge in [0.25, 0.3) is 0 Å². The third-order valence-corrected chi connectivity index (χ3v) is 3.14. The Bertz CT molecular complexity index is 669. The van der Waals surface area contributed by atoms with Gasteiger partial charge in [0, 0.05) is 30.8 Å². The van der Waals surface area contributed by atoms with Gasteiger partial charge in [-0.2, -0.15) is 0 Å². The molecule has 0 radical (unpaired) electrons. The second-order valence-electron chi connectivity index (χ2n) is 4.72. The largest absolute Gasteiger partial charge is 0.345 e. The second kappa shape index (κ2) is 5.71. The van der Waals surface area contributed by atoms with Crippen molar-refractivity contribution in [2.24, 2.45) is 0 Å². The number of aryl methyl sites for hydroxylation is 1. The van der Waals surface area contributed by atoms with Crippen LogP contribution in [0.15, 0.2) is 49.2 Å². The number of aromatic amines is 1. The van der Waals surface area contributed by atoms with Crippen LogP contribution in [0.5, 0.6) is 0 Å². The van der Waals surface area contributed by atoms with Crippen LogP contribution in [-0.2, 0) is 13.1 Å². The van der Waals surface area contributed by atoms with Crippen LogP contribution in [0.4, 0.5) is 0 Å². The Balaban J connectivity index is 1.68. The van der Waals surface area contributed by atoms with E-state index < -0.39 is 0 Å². The van der Waals surface area contributed by atoms with E-state index in [1.165, 1.54) is 5.56 Å². The van der Waals surface area contributed by atoms with E-state index in [4.69, 9.17) is 0 Å². The smallest absolute Gasteiger partial charge is 0.120 e. The van der Waals surface area contributed by atoms with Gasteiger partial charge in [-0.15, -0.1) is 0 Å². The lowest BCUT2D eigenvalue weighted by molar-refractivity contribution is 0.665. The molecule has 0 atom stereocenters. The molecular formula is C15H17N5. The maximum Gasteiger partial charge on any atom is 0.120 e. The summed E-state index contributed by atoms with van der Waals surface area (Å²) in [5.74, 6) is 0.961. The molecule has 5 nitrogen and oxygen atoms in total. The molecular weight excluding hydrogens is 250 g/mol. The number of imidazole rings is 2. The van der Waals surface area contributed by atoms with E-state index in [0.29, 0.717) is 0 Å². The number of para-hydroxylation sites is 1. The number of rotatable bonds is 5. The third kappa shape index (κ3) is 2.78. The lowest BCUT2D eigenvalue weighted by atomic mass is 10.1. The summed E-state index contributed by atoms with van der Waals surface area (Å²) < 4.78 is 2.02. The fraction of sp³-hybridized carbons (Fsp3) is 0.200. The van der Waals surface area contributed by atoms with E-state index in [0.717, 1.165) is 30.3 Å². The van der Waals surface area contributed by atoms with E-state index in [1.54, 1.807) is 6.20 Å². The fourth-order valence-corrected chi connectivity index (χ4v) is 2.19. The zero-order valence-corrected chi connectivity index (χ0v) is 11.4. The minimum atomic E-state index is 0.728. The van der Waals surface area contributed by atoms with E-state index >= 15 is 0 Å². The molecule has 3 aromatic rings. The van der Waals surface area contributed by atoms with Crippen LogP contribution >= 0.6 is 0 Å². The molecule has 2 N–H and O–H groups in total. The average molecular weight is 267 g/mol. The molecule has 0 fully saturated rings. The molecule has 2 aromatic heterocycles. The molecule has 102 valence electrons. The number of hydrogen-bond acceptors (Lipinski definition) is 3. The zero-order valence-electron chi connectivity index (χ0n) is 11.4. The minimum absolute atomic E-state index is 0.728. The molecule has 3 rings (SSSR count). The summed E-state index contributed by atoms with van der Waals surface area (Å²) in [5, 5.41) is 3.41. The van der Waals surface area contributed by atoms with Crippen LogP contribution in [0.2, 0.25) is 0 Å². The molecule has 0 aliphatic rings. The van der Waals surface area contributed by atoms with Crippen molar-refractivity contribution in [1.29, 1.82) is 0 Å². The van der Waals surface area contributed by atoms with Crippen molar-refractivity contribution in [3.8, 4) is 5.69 Å². The highest BCUT2D eigenvalue weighted by molar-refractivity contribution is 5.40. The van der Waals surface area contributed by atoms with Crippen LogP contribution in [0.1, 0.15) is 17.1 Å². The first kappa shape index (κ1) is 12.6. The Hall–Kier alpha value is -2.40. The standard InChI is InChI=1S/C15H17N5/c1-12-8-18-15(19-12)10-17-9-13-4-2-3-5-14(13)20-7-6-16-11-20/h2-8,11,17H,9-10H2,1H3,(H,18,19). The number of hydrogen-bond donors (Lipinski definition) is 2. The molecule has 0 unspecified atom stereocenters. The highest BCUT2D eigenvalue weighted by Gasteiger charge is 2.04. The lowest BCUT2D eigenvalue weighted by Gasteiger charge is -2.10. The molecule has 0 aliphatic carbocycles. The van der Waals surface area contributed by atoms with E-state index in [-0.39, 0.29) is 0 Å². The molecule has 0 spiro atoms. The van der Waals surface area contributed by atoms with Gasteiger partial charge in [0.1, 0.15) is 5.82 Å². The first-order chi connectivity index (χ1) is 9.83. The maximum atomic E-state index is 4.29. The zero-order chi connectivity index (χ0) is 13.8. The van der Waals surface area contributed by atoms with Gasteiger partial charge in [-0.3, -0.25) is 0 Å². The van der Waals surface area contributed by atoms with Gasteiger partial charge in [-0.1, -0.05) is 18.2 Å². The van der Waals surface area contributed by atoms with E-state index in [2.05, 4.69) is 38.5 Å². The third-order valence-electron chi connectivity index (χ3n) is 3.14. The van der Waals surface area contributed by atoms with Gasteiger partial charge in [-0.25, -0.2) is 9.97 Å². The monoisotopic (exact) mass is 267 g/mol. The summed E-state index contributed by atoms with van der Waals surface area (Å²) in [5.41, 5.74) is 3.46. The predicted octanol–water partition coefficient (Wildman–Crippen LogP) is 2.19. The van der Waals surface area contributed by atoms with E-state index in [9.17, 15) is 0 Å². The lowest BCUT2D eigenvalue weighted by Crippen LogP contribution is -2.15. The first-order valence-electron chi connectivity index (χ1n) is 6.60. The van der Waals surface area contributed by atoms with Crippen LogP contribution in [-0.4, -0.2) is 19.5 Å². The topological polar surface area (TPSA) is 58.5 Å².